The van der Waals surface area contributed by atoms with E-state index < -0.39 is 9.84 Å². The summed E-state index contributed by atoms with van der Waals surface area (Å²) in [7, 11) is -1.91. The predicted octanol–water partition coefficient (Wildman–Crippen LogP) is 3.20. The minimum atomic E-state index is -3.36. The van der Waals surface area contributed by atoms with Crippen LogP contribution in [0.1, 0.15) is 25.8 Å². The fourth-order valence-electron chi connectivity index (χ4n) is 2.74. The number of sulfone groups is 1. The first-order valence-corrected chi connectivity index (χ1v) is 10.9. The Bertz CT molecular complexity index is 1200. The average molecular weight is 414 g/mol. The second-order valence-electron chi connectivity index (χ2n) is 6.65. The van der Waals surface area contributed by atoms with Crippen molar-refractivity contribution in [3.05, 3.63) is 30.0 Å². The van der Waals surface area contributed by atoms with Gasteiger partial charge in [-0.05, 0) is 25.5 Å². The number of anilines is 3. The molecule has 1 atom stereocenters. The van der Waals surface area contributed by atoms with Crippen molar-refractivity contribution in [3.8, 4) is 11.8 Å². The molecule has 0 unspecified atom stereocenters. The van der Waals surface area contributed by atoms with Gasteiger partial charge in [0.25, 0.3) is 0 Å². The third-order valence-electron chi connectivity index (χ3n) is 4.50. The quantitative estimate of drug-likeness (QED) is 0.537. The molecule has 3 rings (SSSR count). The van der Waals surface area contributed by atoms with Crippen LogP contribution in [0.5, 0.6) is 5.75 Å². The SMILES string of the molecule is CC[C@H](C)Nc1nc(Nc2ccc(S(C)(=O)=O)cc2OC)nc2[nH]cc(C#N)c12. The van der Waals surface area contributed by atoms with E-state index in [4.69, 9.17) is 4.74 Å². The molecule has 3 aromatic rings. The highest BCUT2D eigenvalue weighted by molar-refractivity contribution is 7.90. The second kappa shape index (κ2) is 7.97. The van der Waals surface area contributed by atoms with Gasteiger partial charge in [0, 0.05) is 24.6 Å². The van der Waals surface area contributed by atoms with Crippen LogP contribution in [0, 0.1) is 11.3 Å². The predicted molar refractivity (Wildman–Crippen MR) is 111 cm³/mol. The molecule has 0 fully saturated rings. The van der Waals surface area contributed by atoms with Crippen LogP contribution in [0.2, 0.25) is 0 Å². The summed E-state index contributed by atoms with van der Waals surface area (Å²) in [4.78, 5) is 12.1. The number of H-pyrrole nitrogens is 1. The summed E-state index contributed by atoms with van der Waals surface area (Å²) in [5.41, 5.74) is 1.48. The molecule has 0 saturated heterocycles. The molecule has 0 saturated carbocycles. The largest absolute Gasteiger partial charge is 0.495 e. The highest BCUT2D eigenvalue weighted by Crippen LogP contribution is 2.31. The Morgan fingerprint density at radius 3 is 2.72 bits per heavy atom. The van der Waals surface area contributed by atoms with Crippen molar-refractivity contribution in [2.75, 3.05) is 24.0 Å². The van der Waals surface area contributed by atoms with Crippen LogP contribution >= 0.6 is 0 Å². The van der Waals surface area contributed by atoms with E-state index in [0.717, 1.165) is 12.7 Å². The minimum Gasteiger partial charge on any atom is -0.495 e. The average Bonchev–Trinajstić information content (AvgIpc) is 3.10. The molecule has 9 nitrogen and oxygen atoms in total. The first-order valence-electron chi connectivity index (χ1n) is 8.97. The van der Waals surface area contributed by atoms with Gasteiger partial charge in [-0.3, -0.25) is 0 Å². The lowest BCUT2D eigenvalue weighted by Gasteiger charge is -2.15. The van der Waals surface area contributed by atoms with Crippen LogP contribution in [0.4, 0.5) is 17.5 Å². The van der Waals surface area contributed by atoms with Gasteiger partial charge in [0.15, 0.2) is 9.84 Å². The van der Waals surface area contributed by atoms with E-state index in [1.165, 1.54) is 19.2 Å². The number of benzene rings is 1. The standard InChI is InChI=1S/C19H22N6O3S/c1-5-11(2)22-18-16-12(9-20)10-21-17(16)24-19(25-18)23-14-7-6-13(29(4,26)27)8-15(14)28-3/h6-8,10-11H,5H2,1-4H3,(H3,21,22,23,24,25)/t11-/m0/s1. The Labute approximate surface area is 169 Å². The normalized spacial score (nSPS) is 12.4. The number of aromatic amines is 1. The number of methoxy groups -OCH3 is 1. The number of nitrogens with one attached hydrogen (secondary N) is 3. The zero-order chi connectivity index (χ0) is 21.2. The smallest absolute Gasteiger partial charge is 0.231 e. The molecule has 0 bridgehead atoms. The molecule has 10 heteroatoms. The maximum Gasteiger partial charge on any atom is 0.231 e. The third kappa shape index (κ3) is 4.25. The molecule has 0 amide bonds. The lowest BCUT2D eigenvalue weighted by Crippen LogP contribution is -2.15. The van der Waals surface area contributed by atoms with Crippen LogP contribution in [0.15, 0.2) is 29.3 Å². The monoisotopic (exact) mass is 414 g/mol. The lowest BCUT2D eigenvalue weighted by molar-refractivity contribution is 0.415. The van der Waals surface area contributed by atoms with E-state index in [-0.39, 0.29) is 16.9 Å². The summed E-state index contributed by atoms with van der Waals surface area (Å²) in [6.07, 6.45) is 3.60. The molecule has 0 aliphatic carbocycles. The Morgan fingerprint density at radius 2 is 2.10 bits per heavy atom. The van der Waals surface area contributed by atoms with Crippen molar-refractivity contribution >= 4 is 38.3 Å². The molecular formula is C19H22N6O3S. The summed E-state index contributed by atoms with van der Waals surface area (Å²) in [5.74, 6) is 1.16. The minimum absolute atomic E-state index is 0.144. The van der Waals surface area contributed by atoms with Gasteiger partial charge in [0.05, 0.1) is 28.6 Å². The van der Waals surface area contributed by atoms with Gasteiger partial charge in [-0.25, -0.2) is 8.42 Å². The van der Waals surface area contributed by atoms with Gasteiger partial charge in [0.2, 0.25) is 5.95 Å². The van der Waals surface area contributed by atoms with Crippen molar-refractivity contribution in [2.24, 2.45) is 0 Å². The van der Waals surface area contributed by atoms with Crippen LogP contribution in [0.25, 0.3) is 11.0 Å². The van der Waals surface area contributed by atoms with E-state index in [0.29, 0.717) is 33.9 Å². The fourth-order valence-corrected chi connectivity index (χ4v) is 3.38. The number of hydrogen-bond donors (Lipinski definition) is 3. The summed E-state index contributed by atoms with van der Waals surface area (Å²) in [5, 5.41) is 16.4. The van der Waals surface area contributed by atoms with Crippen LogP contribution in [-0.2, 0) is 9.84 Å². The van der Waals surface area contributed by atoms with Crippen LogP contribution < -0.4 is 15.4 Å². The molecule has 3 N–H and O–H groups in total. The summed E-state index contributed by atoms with van der Waals surface area (Å²) in [6, 6.07) is 6.81. The summed E-state index contributed by atoms with van der Waals surface area (Å²) >= 11 is 0. The molecular weight excluding hydrogens is 392 g/mol. The highest BCUT2D eigenvalue weighted by atomic mass is 32.2. The number of hydrogen-bond acceptors (Lipinski definition) is 8. The van der Waals surface area contributed by atoms with Crippen LogP contribution in [0.3, 0.4) is 0 Å². The van der Waals surface area contributed by atoms with Crippen LogP contribution in [-0.4, -0.2) is 42.8 Å². The van der Waals surface area contributed by atoms with E-state index in [2.05, 4.69) is 31.7 Å². The number of rotatable bonds is 7. The first-order chi connectivity index (χ1) is 13.8. The second-order valence-corrected chi connectivity index (χ2v) is 8.66. The van der Waals surface area contributed by atoms with Crippen molar-refractivity contribution in [2.45, 2.75) is 31.2 Å². The van der Waals surface area contributed by atoms with Crippen molar-refractivity contribution in [1.29, 1.82) is 5.26 Å². The van der Waals surface area contributed by atoms with Gasteiger partial charge in [0.1, 0.15) is 23.3 Å². The molecule has 0 spiro atoms. The van der Waals surface area contributed by atoms with Gasteiger partial charge in [-0.15, -0.1) is 0 Å². The first kappa shape index (κ1) is 20.4. The maximum absolute atomic E-state index is 11.8. The third-order valence-corrected chi connectivity index (χ3v) is 5.61. The van der Waals surface area contributed by atoms with Crippen molar-refractivity contribution in [1.82, 2.24) is 15.0 Å². The topological polar surface area (TPSA) is 133 Å². The van der Waals surface area contributed by atoms with Gasteiger partial charge in [-0.2, -0.15) is 15.2 Å². The molecule has 2 aromatic heterocycles. The van der Waals surface area contributed by atoms with Gasteiger partial charge in [-0.1, -0.05) is 6.92 Å². The molecule has 152 valence electrons. The van der Waals surface area contributed by atoms with Gasteiger partial charge < -0.3 is 20.4 Å². The Balaban J connectivity index is 2.06. The van der Waals surface area contributed by atoms with Crippen molar-refractivity contribution < 1.29 is 13.2 Å². The number of ether oxygens (including phenoxy) is 1. The van der Waals surface area contributed by atoms with E-state index >= 15 is 0 Å². The maximum atomic E-state index is 11.8. The van der Waals surface area contributed by atoms with E-state index in [1.807, 2.05) is 13.8 Å². The Morgan fingerprint density at radius 1 is 1.34 bits per heavy atom. The van der Waals surface area contributed by atoms with E-state index in [9.17, 15) is 13.7 Å². The molecule has 0 aliphatic rings. The molecule has 0 aliphatic heterocycles. The number of fused-ring (bicyclic) bond motifs is 1. The van der Waals surface area contributed by atoms with Gasteiger partial charge >= 0.3 is 0 Å². The zero-order valence-electron chi connectivity index (χ0n) is 16.6. The molecule has 2 heterocycles. The summed E-state index contributed by atoms with van der Waals surface area (Å²) in [6.45, 7) is 4.07. The zero-order valence-corrected chi connectivity index (χ0v) is 17.4. The molecule has 29 heavy (non-hydrogen) atoms. The number of nitrogens with zero attached hydrogens (tertiary/aromatic N) is 3. The number of nitriles is 1. The Kier molecular flexibility index (Phi) is 5.61. The van der Waals surface area contributed by atoms with Crippen molar-refractivity contribution in [3.63, 3.8) is 0 Å². The summed E-state index contributed by atoms with van der Waals surface area (Å²) < 4.78 is 28.9. The number of aromatic nitrogens is 3. The lowest BCUT2D eigenvalue weighted by atomic mass is 10.2. The fraction of sp³-hybridized carbons (Fsp3) is 0.316. The Hall–Kier alpha value is -3.32. The molecule has 1 aromatic carbocycles. The molecule has 0 radical (unpaired) electrons. The van der Waals surface area contributed by atoms with E-state index in [1.54, 1.807) is 12.3 Å². The highest BCUT2D eigenvalue weighted by Gasteiger charge is 2.17.